The highest BCUT2D eigenvalue weighted by Crippen LogP contribution is 2.57. The quantitative estimate of drug-likeness (QED) is 0.467. The van der Waals surface area contributed by atoms with Gasteiger partial charge in [-0.25, -0.2) is 4.79 Å². The third-order valence-electron chi connectivity index (χ3n) is 8.22. The Kier molecular flexibility index (Phi) is 6.71. The number of quaternary nitrogens is 1. The van der Waals surface area contributed by atoms with E-state index in [0.29, 0.717) is 42.2 Å². The molecular weight excluding hydrogens is 526 g/mol. The number of aryl methyl sites for hydroxylation is 1. The number of aromatic nitrogens is 2. The first-order valence-electron chi connectivity index (χ1n) is 12.6. The smallest absolute Gasteiger partial charge is 0.342 e. The van der Waals surface area contributed by atoms with Crippen LogP contribution in [-0.4, -0.2) is 49.1 Å². The zero-order valence-electron chi connectivity index (χ0n) is 21.6. The molecule has 0 bridgehead atoms. The lowest BCUT2D eigenvalue weighted by molar-refractivity contribution is -0.125. The van der Waals surface area contributed by atoms with Gasteiger partial charge in [0.05, 0.1) is 18.5 Å². The van der Waals surface area contributed by atoms with Gasteiger partial charge in [0.15, 0.2) is 10.6 Å². The summed E-state index contributed by atoms with van der Waals surface area (Å²) in [5, 5.41) is 10.9. The monoisotopic (exact) mass is 556 g/mol. The number of hydrogen-bond acceptors (Lipinski definition) is 6. The summed E-state index contributed by atoms with van der Waals surface area (Å²) in [6, 6.07) is 11.7. The maximum absolute atomic E-state index is 14.3. The molecule has 9 nitrogen and oxygen atoms in total. The minimum atomic E-state index is -4.23. The number of benzene rings is 2. The lowest BCUT2D eigenvalue weighted by Crippen LogP contribution is -2.65. The third-order valence-corrected chi connectivity index (χ3v) is 10.9. The minimum absolute atomic E-state index is 0.0134. The highest BCUT2D eigenvalue weighted by atomic mass is 35.5. The summed E-state index contributed by atoms with van der Waals surface area (Å²) in [5.41, 5.74) is 1.73. The van der Waals surface area contributed by atoms with Crippen molar-refractivity contribution in [3.8, 4) is 0 Å². The van der Waals surface area contributed by atoms with Crippen molar-refractivity contribution in [3.63, 3.8) is 0 Å². The van der Waals surface area contributed by atoms with Gasteiger partial charge in [0.25, 0.3) is 5.91 Å². The Labute approximate surface area is 227 Å². The first-order chi connectivity index (χ1) is 18.1. The first kappa shape index (κ1) is 26.6. The molecule has 0 saturated carbocycles. The van der Waals surface area contributed by atoms with E-state index in [-0.39, 0.29) is 17.3 Å². The number of nitrogens with one attached hydrogen (secondary N) is 2. The minimum Gasteiger partial charge on any atom is -0.348 e. The van der Waals surface area contributed by atoms with Crippen LogP contribution in [0.3, 0.4) is 0 Å². The molecule has 2 aromatic carbocycles. The number of nitrogens with zero attached hydrogens (tertiary/aromatic N) is 3. The second kappa shape index (κ2) is 9.60. The third kappa shape index (κ3) is 3.81. The van der Waals surface area contributed by atoms with Crippen molar-refractivity contribution in [1.29, 1.82) is 0 Å². The van der Waals surface area contributed by atoms with Gasteiger partial charge in [-0.05, 0) is 56.6 Å². The molecule has 2 N–H and O–H groups in total. The van der Waals surface area contributed by atoms with Gasteiger partial charge in [0.1, 0.15) is 6.04 Å². The number of halogens is 1. The summed E-state index contributed by atoms with van der Waals surface area (Å²) in [4.78, 5) is 26.8. The lowest BCUT2D eigenvalue weighted by Gasteiger charge is -2.41. The van der Waals surface area contributed by atoms with Crippen molar-refractivity contribution in [3.05, 3.63) is 76.6 Å². The molecular formula is C27H31ClN5O4S+. The van der Waals surface area contributed by atoms with Crippen molar-refractivity contribution >= 4 is 39.1 Å². The standard InChI is InChI=1S/C27H30ClN5O4S/c1-18-27(10-12-29-13-11-27)23-14-20(26(35)30-15-21-6-4-5-7-24(21)28)8-9-25(23)33(18,19(2)34)38(36,37)22-16-31-32(3)17-22/h4-9,14,16-18,29H,10-13,15H2,1-3H3/p+1. The largest absolute Gasteiger partial charge is 0.348 e. The fraction of sp³-hybridized carbons (Fsp3) is 0.370. The molecule has 1 aromatic heterocycles. The van der Waals surface area contributed by atoms with E-state index in [1.165, 1.54) is 24.0 Å². The van der Waals surface area contributed by atoms with Crippen molar-refractivity contribution in [1.82, 2.24) is 24.3 Å². The zero-order valence-corrected chi connectivity index (χ0v) is 23.1. The van der Waals surface area contributed by atoms with E-state index in [9.17, 15) is 18.0 Å². The van der Waals surface area contributed by atoms with Crippen molar-refractivity contribution < 1.29 is 18.0 Å². The molecule has 200 valence electrons. The number of rotatable bonds is 5. The van der Waals surface area contributed by atoms with Crippen molar-refractivity contribution in [2.75, 3.05) is 13.1 Å². The van der Waals surface area contributed by atoms with E-state index in [1.54, 1.807) is 31.3 Å². The maximum Gasteiger partial charge on any atom is 0.342 e. The Morgan fingerprint density at radius 1 is 1.21 bits per heavy atom. The summed E-state index contributed by atoms with van der Waals surface area (Å²) in [6.07, 6.45) is 3.99. The van der Waals surface area contributed by atoms with Gasteiger partial charge in [-0.3, -0.25) is 9.48 Å². The Morgan fingerprint density at radius 3 is 2.55 bits per heavy atom. The number of fused-ring (bicyclic) bond motifs is 2. The topological polar surface area (TPSA) is 110 Å². The van der Waals surface area contributed by atoms with E-state index in [2.05, 4.69) is 15.7 Å². The summed E-state index contributed by atoms with van der Waals surface area (Å²) in [5.74, 6) is -0.790. The molecule has 2 unspecified atom stereocenters. The van der Waals surface area contributed by atoms with Gasteiger partial charge in [-0.1, -0.05) is 29.8 Å². The molecule has 1 saturated heterocycles. The molecule has 2 aliphatic heterocycles. The predicted molar refractivity (Wildman–Crippen MR) is 145 cm³/mol. The van der Waals surface area contributed by atoms with Crippen LogP contribution in [0.5, 0.6) is 0 Å². The summed E-state index contributed by atoms with van der Waals surface area (Å²) in [7, 11) is -2.59. The van der Waals surface area contributed by atoms with Gasteiger partial charge in [-0.2, -0.15) is 13.5 Å². The van der Waals surface area contributed by atoms with Gasteiger partial charge >= 0.3 is 15.9 Å². The van der Waals surface area contributed by atoms with Crippen LogP contribution >= 0.6 is 11.6 Å². The molecule has 2 atom stereocenters. The molecule has 0 aliphatic carbocycles. The second-order valence-corrected chi connectivity index (χ2v) is 12.5. The normalized spacial score (nSPS) is 22.3. The number of hydrogen-bond donors (Lipinski definition) is 2. The van der Waals surface area contributed by atoms with E-state index in [4.69, 9.17) is 11.6 Å². The molecule has 38 heavy (non-hydrogen) atoms. The Morgan fingerprint density at radius 2 is 1.92 bits per heavy atom. The van der Waals surface area contributed by atoms with Crippen molar-refractivity contribution in [2.45, 2.75) is 49.6 Å². The van der Waals surface area contributed by atoms with Crippen LogP contribution < -0.4 is 14.5 Å². The van der Waals surface area contributed by atoms with Crippen LogP contribution in [0.2, 0.25) is 5.02 Å². The molecule has 2 amide bonds. The number of carbonyl (C=O) groups excluding carboxylic acids is 2. The van der Waals surface area contributed by atoms with Gasteiger partial charge in [0.2, 0.25) is 0 Å². The van der Waals surface area contributed by atoms with Crippen molar-refractivity contribution in [2.24, 2.45) is 7.05 Å². The molecule has 5 rings (SSSR count). The van der Waals surface area contributed by atoms with Gasteiger partial charge < -0.3 is 10.6 Å². The molecule has 1 fully saturated rings. The Balaban J connectivity index is 1.63. The summed E-state index contributed by atoms with van der Waals surface area (Å²) >= 11 is 6.25. The van der Waals surface area contributed by atoms with Crippen LogP contribution in [0.25, 0.3) is 0 Å². The fourth-order valence-corrected chi connectivity index (χ4v) is 8.65. The van der Waals surface area contributed by atoms with Crippen LogP contribution in [0, 0.1) is 0 Å². The molecule has 11 heteroatoms. The highest BCUT2D eigenvalue weighted by molar-refractivity contribution is 7.91. The second-order valence-electron chi connectivity index (χ2n) is 10.1. The van der Waals surface area contributed by atoms with Gasteiger partial charge in [0, 0.05) is 42.0 Å². The predicted octanol–water partition coefficient (Wildman–Crippen LogP) is 3.27. The van der Waals surface area contributed by atoms with E-state index < -0.39 is 31.3 Å². The zero-order chi connectivity index (χ0) is 27.3. The number of amides is 2. The lowest BCUT2D eigenvalue weighted by atomic mass is 9.70. The van der Waals surface area contributed by atoms with E-state index in [1.807, 2.05) is 25.1 Å². The molecule has 3 aromatic rings. The maximum atomic E-state index is 14.3. The van der Waals surface area contributed by atoms with E-state index >= 15 is 0 Å². The molecule has 1 spiro atoms. The molecule has 0 radical (unpaired) electrons. The van der Waals surface area contributed by atoms with Gasteiger partial charge in [-0.15, -0.1) is 3.89 Å². The molecule has 2 aliphatic rings. The average molecular weight is 557 g/mol. The summed E-state index contributed by atoms with van der Waals surface area (Å²) in [6.45, 7) is 4.79. The van der Waals surface area contributed by atoms with Crippen LogP contribution in [0.1, 0.15) is 48.2 Å². The Bertz CT molecular complexity index is 1530. The summed E-state index contributed by atoms with van der Waals surface area (Å²) < 4.78 is 29.2. The average Bonchev–Trinajstić information content (AvgIpc) is 3.43. The number of piperidine rings is 1. The first-order valence-corrected chi connectivity index (χ1v) is 14.4. The highest BCUT2D eigenvalue weighted by Gasteiger charge is 2.68. The van der Waals surface area contributed by atoms with Crippen LogP contribution in [-0.2, 0) is 33.8 Å². The Hall–Kier alpha value is -3.05. The fourth-order valence-electron chi connectivity index (χ4n) is 6.27. The van der Waals surface area contributed by atoms with Crippen LogP contribution in [0.4, 0.5) is 5.69 Å². The SMILES string of the molecule is CC(=O)[N+]1(S(=O)(=O)c2cnn(C)c2)c2ccc(C(=O)NCc3ccccc3Cl)cc2C2(CCNCC2)C1C. The number of sulfonamides is 1. The number of carbonyl (C=O) groups is 2. The van der Waals surface area contributed by atoms with Crippen LogP contribution in [0.15, 0.2) is 59.8 Å². The van der Waals surface area contributed by atoms with E-state index in [0.717, 1.165) is 11.1 Å². The molecule has 3 heterocycles.